The number of amides is 1. The smallest absolute Gasteiger partial charge is 0.273 e. The molecule has 1 aromatic heterocycles. The Labute approximate surface area is 156 Å². The molecule has 1 saturated heterocycles. The van der Waals surface area contributed by atoms with Crippen molar-refractivity contribution in [1.82, 2.24) is 15.1 Å². The minimum Gasteiger partial charge on any atom is -0.321 e. The predicted octanol–water partition coefficient (Wildman–Crippen LogP) is 3.96. The molecule has 0 aliphatic carbocycles. The molecule has 5 heteroatoms. The standard InChI is InChI=1S/C21H30N4O/c1-15(2)25-13-11-18(16(3)14-25)7-4-17-5-8-19(9-6-17)23-21(26)20-10-12-22-24-20/h5-6,8-10,12,15-16,18H,4,7,11,13-14H2,1-3H3,(H,22,24)(H,23,26)/t16-,18+/m0/s1. The van der Waals surface area contributed by atoms with Gasteiger partial charge in [0.05, 0.1) is 0 Å². The molecule has 3 rings (SSSR count). The van der Waals surface area contributed by atoms with Gasteiger partial charge in [0, 0.05) is 24.5 Å². The van der Waals surface area contributed by atoms with E-state index in [0.717, 1.165) is 23.9 Å². The first-order valence-corrected chi connectivity index (χ1v) is 9.66. The zero-order valence-electron chi connectivity index (χ0n) is 16.0. The van der Waals surface area contributed by atoms with Gasteiger partial charge in [-0.2, -0.15) is 5.10 Å². The highest BCUT2D eigenvalue weighted by atomic mass is 16.1. The van der Waals surface area contributed by atoms with E-state index in [2.05, 4.69) is 53.3 Å². The van der Waals surface area contributed by atoms with Crippen LogP contribution >= 0.6 is 0 Å². The number of rotatable bonds is 6. The molecule has 26 heavy (non-hydrogen) atoms. The number of aromatic amines is 1. The number of benzene rings is 1. The fourth-order valence-electron chi connectivity index (χ4n) is 3.81. The largest absolute Gasteiger partial charge is 0.321 e. The van der Waals surface area contributed by atoms with Crippen molar-refractivity contribution < 1.29 is 4.79 Å². The van der Waals surface area contributed by atoms with Crippen LogP contribution in [-0.2, 0) is 6.42 Å². The number of aryl methyl sites for hydroxylation is 1. The number of likely N-dealkylation sites (tertiary alicyclic amines) is 1. The van der Waals surface area contributed by atoms with E-state index in [1.807, 2.05) is 12.1 Å². The molecule has 2 N–H and O–H groups in total. The van der Waals surface area contributed by atoms with Gasteiger partial charge in [-0.05, 0) is 75.3 Å². The quantitative estimate of drug-likeness (QED) is 0.825. The first-order valence-electron chi connectivity index (χ1n) is 9.66. The van der Waals surface area contributed by atoms with Gasteiger partial charge in [0.15, 0.2) is 0 Å². The first-order chi connectivity index (χ1) is 12.5. The molecule has 1 aliphatic rings. The highest BCUT2D eigenvalue weighted by Crippen LogP contribution is 2.28. The number of nitrogens with zero attached hydrogens (tertiary/aromatic N) is 2. The van der Waals surface area contributed by atoms with Gasteiger partial charge in [0.1, 0.15) is 5.69 Å². The Kier molecular flexibility index (Phi) is 6.09. The van der Waals surface area contributed by atoms with E-state index < -0.39 is 0 Å². The number of nitrogens with one attached hydrogen (secondary N) is 2. The summed E-state index contributed by atoms with van der Waals surface area (Å²) in [6.07, 6.45) is 5.22. The highest BCUT2D eigenvalue weighted by molar-refractivity contribution is 6.02. The van der Waals surface area contributed by atoms with E-state index in [9.17, 15) is 4.79 Å². The number of hydrogen-bond donors (Lipinski definition) is 2. The van der Waals surface area contributed by atoms with Crippen LogP contribution in [0.25, 0.3) is 0 Å². The van der Waals surface area contributed by atoms with Crippen LogP contribution in [0.2, 0.25) is 0 Å². The third kappa shape index (κ3) is 4.73. The number of aromatic nitrogens is 2. The molecule has 0 bridgehead atoms. The molecule has 5 nitrogen and oxygen atoms in total. The Morgan fingerprint density at radius 1 is 1.31 bits per heavy atom. The summed E-state index contributed by atoms with van der Waals surface area (Å²) in [6.45, 7) is 9.43. The van der Waals surface area contributed by atoms with Gasteiger partial charge in [0.25, 0.3) is 5.91 Å². The molecule has 0 saturated carbocycles. The highest BCUT2D eigenvalue weighted by Gasteiger charge is 2.26. The summed E-state index contributed by atoms with van der Waals surface area (Å²) in [4.78, 5) is 14.6. The van der Waals surface area contributed by atoms with Gasteiger partial charge >= 0.3 is 0 Å². The zero-order valence-corrected chi connectivity index (χ0v) is 16.0. The Balaban J connectivity index is 1.48. The van der Waals surface area contributed by atoms with E-state index in [1.54, 1.807) is 12.3 Å². The Morgan fingerprint density at radius 3 is 2.69 bits per heavy atom. The van der Waals surface area contributed by atoms with Crippen LogP contribution in [0.1, 0.15) is 49.7 Å². The maximum atomic E-state index is 12.0. The molecular weight excluding hydrogens is 324 g/mol. The third-order valence-corrected chi connectivity index (χ3v) is 5.61. The molecule has 2 atom stereocenters. The lowest BCUT2D eigenvalue weighted by Gasteiger charge is -2.39. The number of anilines is 1. The maximum absolute atomic E-state index is 12.0. The number of carbonyl (C=O) groups excluding carboxylic acids is 1. The van der Waals surface area contributed by atoms with Crippen molar-refractivity contribution >= 4 is 11.6 Å². The summed E-state index contributed by atoms with van der Waals surface area (Å²) >= 11 is 0. The van der Waals surface area contributed by atoms with Gasteiger partial charge in [-0.25, -0.2) is 0 Å². The summed E-state index contributed by atoms with van der Waals surface area (Å²) in [7, 11) is 0. The predicted molar refractivity (Wildman–Crippen MR) is 105 cm³/mol. The number of H-pyrrole nitrogens is 1. The van der Waals surface area contributed by atoms with Crippen molar-refractivity contribution in [2.75, 3.05) is 18.4 Å². The molecule has 2 aromatic rings. The minimum atomic E-state index is -0.166. The maximum Gasteiger partial charge on any atom is 0.273 e. The van der Waals surface area contributed by atoms with Crippen molar-refractivity contribution in [3.8, 4) is 0 Å². The summed E-state index contributed by atoms with van der Waals surface area (Å²) in [5.41, 5.74) is 2.62. The molecule has 1 fully saturated rings. The first kappa shape index (κ1) is 18.6. The third-order valence-electron chi connectivity index (χ3n) is 5.61. The average molecular weight is 354 g/mol. The topological polar surface area (TPSA) is 61.0 Å². The lowest BCUT2D eigenvalue weighted by Crippen LogP contribution is -2.43. The number of piperidine rings is 1. The second-order valence-corrected chi connectivity index (χ2v) is 7.77. The zero-order chi connectivity index (χ0) is 18.5. The normalized spacial score (nSPS) is 21.1. The fourth-order valence-corrected chi connectivity index (χ4v) is 3.81. The summed E-state index contributed by atoms with van der Waals surface area (Å²) in [5, 5.41) is 9.36. The van der Waals surface area contributed by atoms with Crippen LogP contribution in [0.5, 0.6) is 0 Å². The summed E-state index contributed by atoms with van der Waals surface area (Å²) in [5.74, 6) is 1.41. The van der Waals surface area contributed by atoms with Crippen molar-refractivity contribution in [1.29, 1.82) is 0 Å². The molecule has 1 amide bonds. The molecule has 0 radical (unpaired) electrons. The number of carbonyl (C=O) groups is 1. The molecule has 0 spiro atoms. The second-order valence-electron chi connectivity index (χ2n) is 7.77. The molecular formula is C21H30N4O. The van der Waals surface area contributed by atoms with E-state index in [-0.39, 0.29) is 5.91 Å². The lowest BCUT2D eigenvalue weighted by molar-refractivity contribution is 0.0981. The van der Waals surface area contributed by atoms with Crippen LogP contribution in [-0.4, -0.2) is 40.1 Å². The van der Waals surface area contributed by atoms with Gasteiger partial charge < -0.3 is 10.2 Å². The monoisotopic (exact) mass is 354 g/mol. The SMILES string of the molecule is CC(C)N1CC[C@@H](CCc2ccc(NC(=O)c3ccn[nH]3)cc2)[C@@H](C)C1. The minimum absolute atomic E-state index is 0.166. The van der Waals surface area contributed by atoms with E-state index in [0.29, 0.717) is 11.7 Å². The van der Waals surface area contributed by atoms with Crippen molar-refractivity contribution in [3.05, 3.63) is 47.8 Å². The van der Waals surface area contributed by atoms with E-state index in [4.69, 9.17) is 0 Å². The molecule has 1 aliphatic heterocycles. The lowest BCUT2D eigenvalue weighted by atomic mass is 9.82. The molecule has 2 heterocycles. The van der Waals surface area contributed by atoms with E-state index in [1.165, 1.54) is 31.5 Å². The van der Waals surface area contributed by atoms with Crippen molar-refractivity contribution in [2.45, 2.75) is 46.1 Å². The Bertz CT molecular complexity index is 693. The van der Waals surface area contributed by atoms with Gasteiger partial charge in [-0.15, -0.1) is 0 Å². The van der Waals surface area contributed by atoms with E-state index >= 15 is 0 Å². The molecule has 0 unspecified atom stereocenters. The Morgan fingerprint density at radius 2 is 2.08 bits per heavy atom. The van der Waals surface area contributed by atoms with Crippen LogP contribution in [0.3, 0.4) is 0 Å². The summed E-state index contributed by atoms with van der Waals surface area (Å²) in [6, 6.07) is 10.5. The fraction of sp³-hybridized carbons (Fsp3) is 0.524. The van der Waals surface area contributed by atoms with Gasteiger partial charge in [-0.1, -0.05) is 19.1 Å². The molecule has 1 aromatic carbocycles. The Hall–Kier alpha value is -2.14. The van der Waals surface area contributed by atoms with Crippen molar-refractivity contribution in [3.63, 3.8) is 0 Å². The second kappa shape index (κ2) is 8.49. The molecule has 140 valence electrons. The average Bonchev–Trinajstić information content (AvgIpc) is 3.16. The summed E-state index contributed by atoms with van der Waals surface area (Å²) < 4.78 is 0. The van der Waals surface area contributed by atoms with Crippen LogP contribution in [0.15, 0.2) is 36.5 Å². The van der Waals surface area contributed by atoms with Crippen LogP contribution < -0.4 is 5.32 Å². The van der Waals surface area contributed by atoms with Crippen LogP contribution in [0, 0.1) is 11.8 Å². The van der Waals surface area contributed by atoms with Crippen molar-refractivity contribution in [2.24, 2.45) is 11.8 Å². The number of hydrogen-bond acceptors (Lipinski definition) is 3. The van der Waals surface area contributed by atoms with Gasteiger partial charge in [-0.3, -0.25) is 9.89 Å². The van der Waals surface area contributed by atoms with Crippen LogP contribution in [0.4, 0.5) is 5.69 Å². The van der Waals surface area contributed by atoms with Gasteiger partial charge in [0.2, 0.25) is 0 Å².